The molecular weight excluding hydrogens is 363 g/mol. The minimum absolute atomic E-state index is 0.490. The van der Waals surface area contributed by atoms with Gasteiger partial charge < -0.3 is 0 Å². The molecule has 0 N–H and O–H groups in total. The molecule has 2 atom stereocenters. The van der Waals surface area contributed by atoms with Crippen LogP contribution in [0.3, 0.4) is 0 Å². The summed E-state index contributed by atoms with van der Waals surface area (Å²) < 4.78 is 15.3. The molecule has 2 aliphatic carbocycles. The Kier molecular flexibility index (Phi) is 5.48. The second-order valence-corrected chi connectivity index (χ2v) is 10.6. The van der Waals surface area contributed by atoms with Gasteiger partial charge >= 0.3 is 152 Å². The average Bonchev–Trinajstić information content (AvgIpc) is 3.32. The van der Waals surface area contributed by atoms with E-state index in [0.29, 0.717) is 12.2 Å². The molecule has 2 saturated heterocycles. The fourth-order valence-electron chi connectivity index (χ4n) is 4.03. The van der Waals surface area contributed by atoms with Crippen molar-refractivity contribution in [3.8, 4) is 0 Å². The van der Waals surface area contributed by atoms with Crippen molar-refractivity contribution in [2.24, 2.45) is 0 Å². The summed E-state index contributed by atoms with van der Waals surface area (Å²) in [5.74, 6) is 0. The topological polar surface area (TPSA) is 18.5 Å². The van der Waals surface area contributed by atoms with Gasteiger partial charge in [0, 0.05) is 0 Å². The Morgan fingerprint density at radius 3 is 1.78 bits per heavy atom. The maximum atomic E-state index is 5.85. The maximum absolute atomic E-state index is 5.85. The Morgan fingerprint density at radius 2 is 1.35 bits per heavy atom. The van der Waals surface area contributed by atoms with E-state index >= 15 is 0 Å². The number of rotatable bonds is 6. The van der Waals surface area contributed by atoms with Crippen LogP contribution in [0.2, 0.25) is 0 Å². The van der Waals surface area contributed by atoms with E-state index in [-0.39, 0.29) is 0 Å². The molecule has 3 heteroatoms. The van der Waals surface area contributed by atoms with Gasteiger partial charge in [-0.2, -0.15) is 0 Å². The van der Waals surface area contributed by atoms with Crippen molar-refractivity contribution in [3.05, 3.63) is 42.0 Å². The van der Waals surface area contributed by atoms with Crippen LogP contribution in [0.1, 0.15) is 51.4 Å². The van der Waals surface area contributed by atoms with Gasteiger partial charge in [0.25, 0.3) is 0 Å². The molecule has 0 saturated carbocycles. The molecule has 0 aromatic carbocycles. The summed E-state index contributed by atoms with van der Waals surface area (Å²) >= 11 is -0.606. The van der Waals surface area contributed by atoms with E-state index in [1.54, 1.807) is 17.7 Å². The van der Waals surface area contributed by atoms with E-state index in [0.717, 1.165) is 26.1 Å². The fraction of sp³-hybridized carbons (Fsp3) is 0.600. The van der Waals surface area contributed by atoms with Crippen molar-refractivity contribution in [1.82, 2.24) is 0 Å². The van der Waals surface area contributed by atoms with Crippen molar-refractivity contribution >= 4 is 0 Å². The van der Waals surface area contributed by atoms with Crippen molar-refractivity contribution in [2.75, 3.05) is 13.2 Å². The predicted molar refractivity (Wildman–Crippen MR) is 88.7 cm³/mol. The van der Waals surface area contributed by atoms with Gasteiger partial charge in [-0.25, -0.2) is 0 Å². The quantitative estimate of drug-likeness (QED) is 0.659. The molecule has 122 valence electrons. The van der Waals surface area contributed by atoms with E-state index in [9.17, 15) is 0 Å². The standard InChI is InChI=1S/2C10H13O.Zr/c2*1-2-5-9(4-1)8-10-6-3-7-11-10;/h2*1,4,10H,2-3,6-8H2;. The molecule has 2 nitrogen and oxygen atoms in total. The monoisotopic (exact) mass is 388 g/mol. The zero-order valence-corrected chi connectivity index (χ0v) is 16.3. The summed E-state index contributed by atoms with van der Waals surface area (Å²) in [4.78, 5) is 0. The average molecular weight is 390 g/mol. The van der Waals surface area contributed by atoms with Gasteiger partial charge in [-0.1, -0.05) is 0 Å². The number of hydrogen-bond acceptors (Lipinski definition) is 2. The van der Waals surface area contributed by atoms with Gasteiger partial charge in [0.2, 0.25) is 0 Å². The first-order valence-corrected chi connectivity index (χ1v) is 11.6. The summed E-state index contributed by atoms with van der Waals surface area (Å²) in [6, 6.07) is 0. The van der Waals surface area contributed by atoms with Gasteiger partial charge in [0.05, 0.1) is 0 Å². The Hall–Kier alpha value is -0.237. The van der Waals surface area contributed by atoms with Gasteiger partial charge in [-0.15, -0.1) is 0 Å². The molecule has 23 heavy (non-hydrogen) atoms. The van der Waals surface area contributed by atoms with E-state index in [1.165, 1.54) is 38.5 Å². The van der Waals surface area contributed by atoms with Crippen LogP contribution in [0.4, 0.5) is 0 Å². The minimum atomic E-state index is -0.606. The molecule has 2 unspecified atom stereocenters. The third-order valence-electron chi connectivity index (χ3n) is 5.30. The van der Waals surface area contributed by atoms with E-state index < -0.39 is 23.2 Å². The van der Waals surface area contributed by atoms with Crippen LogP contribution in [-0.4, -0.2) is 25.4 Å². The molecule has 0 aromatic heterocycles. The van der Waals surface area contributed by atoms with E-state index in [4.69, 9.17) is 9.47 Å². The Balaban J connectivity index is 1.42. The third-order valence-corrected chi connectivity index (χ3v) is 9.37. The summed E-state index contributed by atoms with van der Waals surface area (Å²) in [6.45, 7) is 1.94. The second-order valence-electron chi connectivity index (χ2n) is 7.02. The summed E-state index contributed by atoms with van der Waals surface area (Å²) in [6.07, 6.45) is 20.3. The Bertz CT molecular complexity index is 508. The first kappa shape index (κ1) is 16.2. The molecular formula is C20H26O2Zr. The van der Waals surface area contributed by atoms with Crippen LogP contribution in [0.25, 0.3) is 0 Å². The molecule has 2 aliphatic heterocycles. The molecule has 0 radical (unpaired) electrons. The molecule has 0 spiro atoms. The molecule has 4 rings (SSSR count). The second kappa shape index (κ2) is 7.76. The number of allylic oxidation sites excluding steroid dienone is 6. The van der Waals surface area contributed by atoms with E-state index in [2.05, 4.69) is 24.3 Å². The van der Waals surface area contributed by atoms with Crippen molar-refractivity contribution in [1.29, 1.82) is 0 Å². The number of hydrogen-bond donors (Lipinski definition) is 0. The van der Waals surface area contributed by atoms with Gasteiger partial charge in [0.1, 0.15) is 0 Å². The van der Waals surface area contributed by atoms with Crippen LogP contribution >= 0.6 is 0 Å². The van der Waals surface area contributed by atoms with Gasteiger partial charge in [-0.05, 0) is 0 Å². The predicted octanol–water partition coefficient (Wildman–Crippen LogP) is 4.64. The molecule has 2 heterocycles. The molecule has 0 bridgehead atoms. The van der Waals surface area contributed by atoms with Crippen molar-refractivity contribution in [2.45, 2.75) is 63.6 Å². The van der Waals surface area contributed by atoms with Crippen LogP contribution in [0.5, 0.6) is 0 Å². The first-order chi connectivity index (χ1) is 11.4. The van der Waals surface area contributed by atoms with Gasteiger partial charge in [0.15, 0.2) is 0 Å². The Labute approximate surface area is 151 Å². The SMILES string of the molecule is C1=CC(CC2CCCO2)=[C]([Zr][C]2=C(CC3CCCO3)C=CC2)C1. The van der Waals surface area contributed by atoms with Crippen LogP contribution in [-0.2, 0) is 32.7 Å². The van der Waals surface area contributed by atoms with Crippen molar-refractivity contribution < 1.29 is 32.7 Å². The zero-order valence-electron chi connectivity index (χ0n) is 13.9. The fourth-order valence-corrected chi connectivity index (χ4v) is 7.71. The first-order valence-electron chi connectivity index (χ1n) is 9.16. The normalized spacial score (nSPS) is 30.3. The summed E-state index contributed by atoms with van der Waals surface area (Å²) in [5, 5.41) is 0. The van der Waals surface area contributed by atoms with Crippen LogP contribution < -0.4 is 0 Å². The number of ether oxygens (including phenoxy) is 2. The molecule has 4 aliphatic rings. The summed E-state index contributed by atoms with van der Waals surface area (Å²) in [7, 11) is 0. The molecule has 0 aromatic rings. The summed E-state index contributed by atoms with van der Waals surface area (Å²) in [5.41, 5.74) is 3.25. The Morgan fingerprint density at radius 1 is 0.826 bits per heavy atom. The van der Waals surface area contributed by atoms with Crippen molar-refractivity contribution in [3.63, 3.8) is 0 Å². The van der Waals surface area contributed by atoms with E-state index in [1.807, 2.05) is 0 Å². The van der Waals surface area contributed by atoms with Crippen LogP contribution in [0.15, 0.2) is 42.0 Å². The van der Waals surface area contributed by atoms with Gasteiger partial charge in [-0.3, -0.25) is 0 Å². The van der Waals surface area contributed by atoms with Crippen LogP contribution in [0, 0.1) is 0 Å². The molecule has 2 fully saturated rings. The third kappa shape index (κ3) is 4.06. The zero-order chi connectivity index (χ0) is 15.5. The molecule has 0 amide bonds.